The summed E-state index contributed by atoms with van der Waals surface area (Å²) >= 11 is 10.8. The molecule has 0 unspecified atom stereocenters. The number of rotatable bonds is 6. The molecule has 0 aliphatic rings. The highest BCUT2D eigenvalue weighted by atomic mass is 35.5. The second-order valence-electron chi connectivity index (χ2n) is 1.85. The van der Waals surface area contributed by atoms with Crippen molar-refractivity contribution >= 4 is 30.9 Å². The first-order valence-electron chi connectivity index (χ1n) is 2.95. The van der Waals surface area contributed by atoms with Gasteiger partial charge < -0.3 is 9.31 Å². The smallest absolute Gasteiger partial charge is 0.409 e. The van der Waals surface area contributed by atoms with E-state index in [0.717, 1.165) is 0 Å². The van der Waals surface area contributed by atoms with Gasteiger partial charge in [-0.15, -0.1) is 0 Å². The van der Waals surface area contributed by atoms with E-state index in [1.165, 1.54) is 0 Å². The third-order valence-electron chi connectivity index (χ3n) is 0.684. The Morgan fingerprint density at radius 3 is 1.73 bits per heavy atom. The van der Waals surface area contributed by atoms with Crippen molar-refractivity contribution in [1.82, 2.24) is 0 Å². The van der Waals surface area contributed by atoms with Crippen molar-refractivity contribution in [3.8, 4) is 0 Å². The topological polar surface area (TPSA) is 18.5 Å². The Kier molecular flexibility index (Phi) is 6.76. The Labute approximate surface area is 77.1 Å². The van der Waals surface area contributed by atoms with Crippen LogP contribution >= 0.6 is 23.2 Å². The van der Waals surface area contributed by atoms with Crippen molar-refractivity contribution < 1.29 is 9.31 Å². The van der Waals surface area contributed by atoms with Crippen LogP contribution < -0.4 is 0 Å². The van der Waals surface area contributed by atoms with Crippen molar-refractivity contribution in [3.63, 3.8) is 0 Å². The molecule has 2 nitrogen and oxygen atoms in total. The molecule has 5 heteroatoms. The fourth-order valence-corrected chi connectivity index (χ4v) is 0.518. The molecular weight excluding hydrogens is 186 g/mol. The highest BCUT2D eigenvalue weighted by Gasteiger charge is 1.94. The molecule has 0 saturated heterocycles. The fraction of sp³-hybridized carbons (Fsp3) is 0.333. The minimum atomic E-state index is 0.150. The highest BCUT2D eigenvalue weighted by molar-refractivity contribution is 6.30. The van der Waals surface area contributed by atoms with Crippen LogP contribution in [0.1, 0.15) is 0 Å². The molecule has 0 saturated carbocycles. The molecule has 0 aliphatic carbocycles. The lowest BCUT2D eigenvalue weighted by Crippen LogP contribution is -2.06. The summed E-state index contributed by atoms with van der Waals surface area (Å²) in [4.78, 5) is 0. The molecule has 0 aromatic carbocycles. The minimum absolute atomic E-state index is 0.150. The Balaban J connectivity index is 3.03. The molecular formula is C6H9BCl2O2. The molecule has 0 rings (SSSR count). The Hall–Kier alpha value is 0.0449. The van der Waals surface area contributed by atoms with Gasteiger partial charge in [0.05, 0.1) is 13.2 Å². The van der Waals surface area contributed by atoms with Gasteiger partial charge in [0.15, 0.2) is 0 Å². The zero-order chi connectivity index (χ0) is 8.69. The van der Waals surface area contributed by atoms with Crippen LogP contribution in [0.5, 0.6) is 0 Å². The molecule has 11 heavy (non-hydrogen) atoms. The van der Waals surface area contributed by atoms with Gasteiger partial charge in [-0.05, 0) is 0 Å². The summed E-state index contributed by atoms with van der Waals surface area (Å²) in [5, 5.41) is 0.886. The van der Waals surface area contributed by atoms with Gasteiger partial charge in [-0.1, -0.05) is 36.4 Å². The molecule has 0 bridgehead atoms. The van der Waals surface area contributed by atoms with Gasteiger partial charge in [0, 0.05) is 10.1 Å². The summed E-state index contributed by atoms with van der Waals surface area (Å²) in [5.74, 6) is 0. The van der Waals surface area contributed by atoms with Gasteiger partial charge in [0.1, 0.15) is 0 Å². The maximum absolute atomic E-state index is 5.40. The van der Waals surface area contributed by atoms with Crippen LogP contribution in [-0.2, 0) is 9.31 Å². The van der Waals surface area contributed by atoms with E-state index >= 15 is 0 Å². The van der Waals surface area contributed by atoms with Crippen molar-refractivity contribution in [1.29, 1.82) is 0 Å². The quantitative estimate of drug-likeness (QED) is 0.475. The average molecular weight is 195 g/mol. The maximum atomic E-state index is 5.40. The summed E-state index contributed by atoms with van der Waals surface area (Å²) in [7, 11) is 0.150. The predicted octanol–water partition coefficient (Wildman–Crippen LogP) is 1.79. The van der Waals surface area contributed by atoms with E-state index in [1.54, 1.807) is 0 Å². The third-order valence-corrected chi connectivity index (χ3v) is 0.902. The second-order valence-corrected chi connectivity index (χ2v) is 2.92. The fourth-order valence-electron chi connectivity index (χ4n) is 0.364. The largest absolute Gasteiger partial charge is 0.438 e. The molecule has 0 aromatic heterocycles. The number of halogens is 2. The summed E-state index contributed by atoms with van der Waals surface area (Å²) in [6.07, 6.45) is 0. The minimum Gasteiger partial charge on any atom is -0.409 e. The zero-order valence-corrected chi connectivity index (χ0v) is 7.62. The van der Waals surface area contributed by atoms with Crippen molar-refractivity contribution in [3.05, 3.63) is 23.2 Å². The number of hydrogen-bond donors (Lipinski definition) is 0. The van der Waals surface area contributed by atoms with Gasteiger partial charge in [0.25, 0.3) is 0 Å². The van der Waals surface area contributed by atoms with Crippen LogP contribution in [0.4, 0.5) is 0 Å². The standard InChI is InChI=1S/C6H9BCl2O2/c1-5(8)3-10-7-11-4-6(2)9/h7H,1-4H2. The van der Waals surface area contributed by atoms with Gasteiger partial charge in [0.2, 0.25) is 0 Å². The van der Waals surface area contributed by atoms with Crippen LogP contribution in [0, 0.1) is 0 Å². The molecule has 0 spiro atoms. The monoisotopic (exact) mass is 194 g/mol. The molecule has 0 fully saturated rings. The number of hydrogen-bond acceptors (Lipinski definition) is 2. The van der Waals surface area contributed by atoms with Crippen molar-refractivity contribution in [2.24, 2.45) is 0 Å². The molecule has 0 amide bonds. The third kappa shape index (κ3) is 10.0. The molecule has 62 valence electrons. The van der Waals surface area contributed by atoms with E-state index in [1.807, 2.05) is 0 Å². The van der Waals surface area contributed by atoms with Crippen LogP contribution in [-0.4, -0.2) is 20.9 Å². The zero-order valence-electron chi connectivity index (χ0n) is 6.11. The van der Waals surface area contributed by atoms with Crippen LogP contribution in [0.15, 0.2) is 23.2 Å². The average Bonchev–Trinajstić information content (AvgIpc) is 1.85. The van der Waals surface area contributed by atoms with Gasteiger partial charge in [-0.2, -0.15) is 0 Å². The van der Waals surface area contributed by atoms with Crippen LogP contribution in [0.25, 0.3) is 0 Å². The van der Waals surface area contributed by atoms with E-state index in [-0.39, 0.29) is 20.9 Å². The second kappa shape index (κ2) is 6.74. The Morgan fingerprint density at radius 2 is 1.45 bits per heavy atom. The van der Waals surface area contributed by atoms with Gasteiger partial charge >= 0.3 is 7.69 Å². The van der Waals surface area contributed by atoms with Gasteiger partial charge in [-0.3, -0.25) is 0 Å². The molecule has 0 atom stereocenters. The van der Waals surface area contributed by atoms with Gasteiger partial charge in [-0.25, -0.2) is 0 Å². The van der Waals surface area contributed by atoms with E-state index < -0.39 is 0 Å². The molecule has 0 aromatic rings. The molecule has 0 aliphatic heterocycles. The SMILES string of the molecule is C=C(Cl)COBOCC(=C)Cl. The predicted molar refractivity (Wildman–Crippen MR) is 49.0 cm³/mol. The van der Waals surface area contributed by atoms with Crippen molar-refractivity contribution in [2.45, 2.75) is 0 Å². The van der Waals surface area contributed by atoms with E-state index in [0.29, 0.717) is 10.1 Å². The normalized spacial score (nSPS) is 9.27. The highest BCUT2D eigenvalue weighted by Crippen LogP contribution is 1.97. The lowest BCUT2D eigenvalue weighted by atomic mass is 10.4. The molecule has 0 N–H and O–H groups in total. The summed E-state index contributed by atoms with van der Waals surface area (Å²) in [6.45, 7) is 7.43. The first kappa shape index (κ1) is 11.0. The summed E-state index contributed by atoms with van der Waals surface area (Å²) in [6, 6.07) is 0. The summed E-state index contributed by atoms with van der Waals surface area (Å²) < 4.78 is 9.78. The molecule has 0 radical (unpaired) electrons. The van der Waals surface area contributed by atoms with E-state index in [2.05, 4.69) is 13.2 Å². The maximum Gasteiger partial charge on any atom is 0.438 e. The Morgan fingerprint density at radius 1 is 1.09 bits per heavy atom. The lowest BCUT2D eigenvalue weighted by molar-refractivity contribution is 0.258. The van der Waals surface area contributed by atoms with Crippen LogP contribution in [0.2, 0.25) is 0 Å². The van der Waals surface area contributed by atoms with Crippen LogP contribution in [0.3, 0.4) is 0 Å². The Bertz CT molecular complexity index is 134. The van der Waals surface area contributed by atoms with Crippen molar-refractivity contribution in [2.75, 3.05) is 13.2 Å². The van der Waals surface area contributed by atoms with E-state index in [9.17, 15) is 0 Å². The summed E-state index contributed by atoms with van der Waals surface area (Å²) in [5.41, 5.74) is 0. The van der Waals surface area contributed by atoms with E-state index in [4.69, 9.17) is 32.5 Å². The first-order chi connectivity index (χ1) is 5.13. The molecule has 0 heterocycles. The lowest BCUT2D eigenvalue weighted by Gasteiger charge is -2.01. The first-order valence-corrected chi connectivity index (χ1v) is 3.70.